The van der Waals surface area contributed by atoms with Crippen LogP contribution in [0, 0.1) is 11.7 Å². The molecule has 19 heavy (non-hydrogen) atoms. The average molecular weight is 285 g/mol. The van der Waals surface area contributed by atoms with Gasteiger partial charge in [0.1, 0.15) is 5.82 Å². The van der Waals surface area contributed by atoms with E-state index in [1.165, 1.54) is 18.9 Å². The minimum atomic E-state index is -0.188. The van der Waals surface area contributed by atoms with Crippen LogP contribution in [0.15, 0.2) is 18.2 Å². The summed E-state index contributed by atoms with van der Waals surface area (Å²) >= 11 is 5.86. The van der Waals surface area contributed by atoms with Crippen LogP contribution in [0.5, 0.6) is 0 Å². The topological polar surface area (TPSA) is 15.3 Å². The number of benzene rings is 1. The summed E-state index contributed by atoms with van der Waals surface area (Å²) in [5, 5.41) is 3.70. The van der Waals surface area contributed by atoms with Gasteiger partial charge in [0.05, 0.1) is 0 Å². The average Bonchev–Trinajstić information content (AvgIpc) is 2.53. The van der Waals surface area contributed by atoms with Crippen LogP contribution in [0.3, 0.4) is 0 Å². The standard InChI is InChI=1S/C15H22ClFN2/c1-18-10-11-5-3-4-8-19(2)15(11)13-7-6-12(16)9-14(13)17/h6-7,9,11,15,18H,3-5,8,10H2,1-2H3. The van der Waals surface area contributed by atoms with Crippen molar-refractivity contribution in [3.63, 3.8) is 0 Å². The van der Waals surface area contributed by atoms with Gasteiger partial charge in [0, 0.05) is 16.6 Å². The maximum Gasteiger partial charge on any atom is 0.129 e. The highest BCUT2D eigenvalue weighted by molar-refractivity contribution is 6.30. The number of nitrogens with one attached hydrogen (secondary N) is 1. The Balaban J connectivity index is 2.34. The first-order valence-electron chi connectivity index (χ1n) is 6.93. The van der Waals surface area contributed by atoms with Gasteiger partial charge in [-0.3, -0.25) is 4.90 Å². The Kier molecular flexibility index (Phi) is 5.20. The van der Waals surface area contributed by atoms with Gasteiger partial charge in [0.25, 0.3) is 0 Å². The first-order chi connectivity index (χ1) is 9.13. The van der Waals surface area contributed by atoms with Gasteiger partial charge in [0.15, 0.2) is 0 Å². The Morgan fingerprint density at radius 3 is 2.89 bits per heavy atom. The van der Waals surface area contributed by atoms with Gasteiger partial charge in [-0.2, -0.15) is 0 Å². The predicted molar refractivity (Wildman–Crippen MR) is 78.0 cm³/mol. The molecule has 0 spiro atoms. The van der Waals surface area contributed by atoms with Gasteiger partial charge >= 0.3 is 0 Å². The van der Waals surface area contributed by atoms with E-state index in [1.54, 1.807) is 6.07 Å². The lowest BCUT2D eigenvalue weighted by Crippen LogP contribution is -2.34. The van der Waals surface area contributed by atoms with E-state index in [9.17, 15) is 4.39 Å². The molecule has 1 aliphatic rings. The smallest absolute Gasteiger partial charge is 0.129 e. The van der Waals surface area contributed by atoms with Gasteiger partial charge in [-0.1, -0.05) is 24.1 Å². The van der Waals surface area contributed by atoms with Gasteiger partial charge in [-0.15, -0.1) is 0 Å². The molecule has 1 fully saturated rings. The molecule has 106 valence electrons. The SMILES string of the molecule is CNCC1CCCCN(C)C1c1ccc(Cl)cc1F. The lowest BCUT2D eigenvalue weighted by Gasteiger charge is -2.33. The van der Waals surface area contributed by atoms with E-state index in [4.69, 9.17) is 11.6 Å². The Morgan fingerprint density at radius 1 is 1.42 bits per heavy atom. The summed E-state index contributed by atoms with van der Waals surface area (Å²) in [5.74, 6) is 0.250. The van der Waals surface area contributed by atoms with Gasteiger partial charge in [-0.25, -0.2) is 4.39 Å². The molecule has 2 rings (SSSR count). The zero-order chi connectivity index (χ0) is 13.8. The van der Waals surface area contributed by atoms with Gasteiger partial charge in [-0.05, 0) is 58.1 Å². The van der Waals surface area contributed by atoms with Crippen molar-refractivity contribution in [3.8, 4) is 0 Å². The van der Waals surface area contributed by atoms with Gasteiger partial charge in [0.2, 0.25) is 0 Å². The van der Waals surface area contributed by atoms with E-state index in [0.29, 0.717) is 10.9 Å². The van der Waals surface area contributed by atoms with Crippen LogP contribution in [-0.2, 0) is 0 Å². The van der Waals surface area contributed by atoms with Crippen molar-refractivity contribution in [1.82, 2.24) is 10.2 Å². The minimum Gasteiger partial charge on any atom is -0.319 e. The van der Waals surface area contributed by atoms with Crippen LogP contribution in [0.2, 0.25) is 5.02 Å². The molecule has 0 saturated carbocycles. The number of hydrogen-bond donors (Lipinski definition) is 1. The number of hydrogen-bond acceptors (Lipinski definition) is 2. The molecule has 4 heteroatoms. The van der Waals surface area contributed by atoms with E-state index in [0.717, 1.165) is 25.1 Å². The second kappa shape index (κ2) is 6.69. The fourth-order valence-electron chi connectivity index (χ4n) is 3.13. The number of halogens is 2. The van der Waals surface area contributed by atoms with Crippen molar-refractivity contribution >= 4 is 11.6 Å². The van der Waals surface area contributed by atoms with Crippen LogP contribution in [0.25, 0.3) is 0 Å². The van der Waals surface area contributed by atoms with Crippen LogP contribution in [-0.4, -0.2) is 32.1 Å². The lowest BCUT2D eigenvalue weighted by atomic mass is 9.89. The Bertz CT molecular complexity index is 425. The molecule has 0 aromatic heterocycles. The highest BCUT2D eigenvalue weighted by atomic mass is 35.5. The summed E-state index contributed by atoms with van der Waals surface area (Å²) in [6.45, 7) is 1.93. The van der Waals surface area contributed by atoms with Crippen LogP contribution in [0.4, 0.5) is 4.39 Å². The Labute approximate surface area is 119 Å². The normalized spacial score (nSPS) is 25.3. The van der Waals surface area contributed by atoms with Crippen LogP contribution in [0.1, 0.15) is 30.9 Å². The van der Waals surface area contributed by atoms with Crippen molar-refractivity contribution in [2.45, 2.75) is 25.3 Å². The molecular formula is C15H22ClFN2. The second-order valence-electron chi connectivity index (χ2n) is 5.40. The molecule has 0 radical (unpaired) electrons. The largest absolute Gasteiger partial charge is 0.319 e. The number of rotatable bonds is 3. The highest BCUT2D eigenvalue weighted by Crippen LogP contribution is 2.35. The summed E-state index contributed by atoms with van der Waals surface area (Å²) in [6, 6.07) is 5.18. The second-order valence-corrected chi connectivity index (χ2v) is 5.84. The van der Waals surface area contributed by atoms with E-state index < -0.39 is 0 Å². The molecule has 0 amide bonds. The summed E-state index contributed by atoms with van der Waals surface area (Å²) < 4.78 is 14.2. The first-order valence-corrected chi connectivity index (χ1v) is 7.31. The molecule has 0 aliphatic carbocycles. The van der Waals surface area contributed by atoms with E-state index in [2.05, 4.69) is 17.3 Å². The molecule has 1 aliphatic heterocycles. The zero-order valence-corrected chi connectivity index (χ0v) is 12.4. The first kappa shape index (κ1) is 14.8. The summed E-state index contributed by atoms with van der Waals surface area (Å²) in [5.41, 5.74) is 0.772. The third-order valence-electron chi connectivity index (χ3n) is 4.00. The molecule has 2 unspecified atom stereocenters. The van der Waals surface area contributed by atoms with Crippen molar-refractivity contribution in [3.05, 3.63) is 34.6 Å². The maximum atomic E-state index is 14.2. The van der Waals surface area contributed by atoms with Crippen molar-refractivity contribution in [1.29, 1.82) is 0 Å². The molecule has 1 saturated heterocycles. The Morgan fingerprint density at radius 2 is 2.21 bits per heavy atom. The summed E-state index contributed by atoms with van der Waals surface area (Å²) in [7, 11) is 4.05. The predicted octanol–water partition coefficient (Wildman–Crippen LogP) is 3.47. The van der Waals surface area contributed by atoms with Crippen molar-refractivity contribution in [2.24, 2.45) is 5.92 Å². The van der Waals surface area contributed by atoms with Crippen molar-refractivity contribution < 1.29 is 4.39 Å². The molecule has 2 atom stereocenters. The number of likely N-dealkylation sites (tertiary alicyclic amines) is 1. The quantitative estimate of drug-likeness (QED) is 0.914. The lowest BCUT2D eigenvalue weighted by molar-refractivity contribution is 0.186. The molecule has 2 nitrogen and oxygen atoms in total. The maximum absolute atomic E-state index is 14.2. The Hall–Kier alpha value is -0.640. The summed E-state index contributed by atoms with van der Waals surface area (Å²) in [4.78, 5) is 2.28. The zero-order valence-electron chi connectivity index (χ0n) is 11.6. The molecule has 1 N–H and O–H groups in total. The minimum absolute atomic E-state index is 0.132. The molecular weight excluding hydrogens is 263 g/mol. The third kappa shape index (κ3) is 3.47. The fourth-order valence-corrected chi connectivity index (χ4v) is 3.29. The summed E-state index contributed by atoms with van der Waals surface area (Å²) in [6.07, 6.45) is 3.53. The van der Waals surface area contributed by atoms with E-state index >= 15 is 0 Å². The van der Waals surface area contributed by atoms with Crippen LogP contribution < -0.4 is 5.32 Å². The number of nitrogens with zero attached hydrogens (tertiary/aromatic N) is 1. The third-order valence-corrected chi connectivity index (χ3v) is 4.24. The molecule has 1 heterocycles. The molecule has 0 bridgehead atoms. The van der Waals surface area contributed by atoms with Crippen LogP contribution >= 0.6 is 11.6 Å². The van der Waals surface area contributed by atoms with Gasteiger partial charge < -0.3 is 5.32 Å². The van der Waals surface area contributed by atoms with Crippen molar-refractivity contribution in [2.75, 3.05) is 27.2 Å². The molecule has 1 aromatic rings. The fraction of sp³-hybridized carbons (Fsp3) is 0.600. The monoisotopic (exact) mass is 284 g/mol. The molecule has 1 aromatic carbocycles. The van der Waals surface area contributed by atoms with E-state index in [1.807, 2.05) is 13.1 Å². The highest BCUT2D eigenvalue weighted by Gasteiger charge is 2.30. The van der Waals surface area contributed by atoms with E-state index in [-0.39, 0.29) is 11.9 Å².